The van der Waals surface area contributed by atoms with Crippen LogP contribution in [0.15, 0.2) is 18.2 Å². The third-order valence-electron chi connectivity index (χ3n) is 3.65. The molecule has 120 valence electrons. The van der Waals surface area contributed by atoms with Crippen molar-refractivity contribution < 1.29 is 9.59 Å². The number of hydrogen-bond donors (Lipinski definition) is 2. The second kappa shape index (κ2) is 7.81. The first kappa shape index (κ1) is 17.1. The van der Waals surface area contributed by atoms with Crippen molar-refractivity contribution in [3.63, 3.8) is 0 Å². The molecule has 2 rings (SSSR count). The minimum absolute atomic E-state index is 0.234. The molecule has 0 spiro atoms. The van der Waals surface area contributed by atoms with E-state index in [4.69, 9.17) is 28.9 Å². The molecule has 0 aliphatic carbocycles. The molecule has 5 nitrogen and oxygen atoms in total. The van der Waals surface area contributed by atoms with Gasteiger partial charge in [0.25, 0.3) is 0 Å². The molecule has 1 fully saturated rings. The molecular weight excluding hydrogens is 325 g/mol. The lowest BCUT2D eigenvalue weighted by Gasteiger charge is -2.18. The van der Waals surface area contributed by atoms with Gasteiger partial charge in [-0.15, -0.1) is 0 Å². The van der Waals surface area contributed by atoms with E-state index >= 15 is 0 Å². The van der Waals surface area contributed by atoms with Gasteiger partial charge >= 0.3 is 0 Å². The maximum absolute atomic E-state index is 12.4. The van der Waals surface area contributed by atoms with E-state index in [2.05, 4.69) is 5.32 Å². The summed E-state index contributed by atoms with van der Waals surface area (Å²) in [5.74, 6) is -1.13. The molecule has 7 heteroatoms. The maximum atomic E-state index is 12.4. The average molecular weight is 344 g/mol. The lowest BCUT2D eigenvalue weighted by molar-refractivity contribution is -0.132. The van der Waals surface area contributed by atoms with Crippen molar-refractivity contribution in [2.75, 3.05) is 24.5 Å². The van der Waals surface area contributed by atoms with Crippen molar-refractivity contribution >= 4 is 40.7 Å². The number of nitrogens with one attached hydrogen (secondary N) is 1. The molecule has 1 aromatic carbocycles. The smallest absolute Gasteiger partial charge is 0.239 e. The highest BCUT2D eigenvalue weighted by atomic mass is 35.5. The molecule has 0 aromatic heterocycles. The molecule has 0 saturated carbocycles. The Labute approximate surface area is 139 Å². The van der Waals surface area contributed by atoms with Gasteiger partial charge < -0.3 is 16.0 Å². The van der Waals surface area contributed by atoms with E-state index in [-0.39, 0.29) is 11.8 Å². The summed E-state index contributed by atoms with van der Waals surface area (Å²) in [6, 6.07) is 4.95. The van der Waals surface area contributed by atoms with Crippen LogP contribution in [0.3, 0.4) is 0 Å². The lowest BCUT2D eigenvalue weighted by Crippen LogP contribution is -2.37. The Morgan fingerprint density at radius 3 is 2.86 bits per heavy atom. The molecule has 1 atom stereocenters. The second-order valence-corrected chi connectivity index (χ2v) is 6.06. The fraction of sp³-hybridized carbons (Fsp3) is 0.467. The van der Waals surface area contributed by atoms with Crippen LogP contribution >= 0.6 is 23.2 Å². The summed E-state index contributed by atoms with van der Waals surface area (Å²) in [5.41, 5.74) is 5.96. The second-order valence-electron chi connectivity index (χ2n) is 5.21. The highest BCUT2D eigenvalue weighted by Gasteiger charge is 2.38. The zero-order valence-corrected chi connectivity index (χ0v) is 13.7. The van der Waals surface area contributed by atoms with E-state index in [0.29, 0.717) is 41.8 Å². The molecular formula is C15H19Cl2N3O2. The number of nitrogens with zero attached hydrogens (tertiary/aromatic N) is 1. The Hall–Kier alpha value is -1.30. The highest BCUT2D eigenvalue weighted by Crippen LogP contribution is 2.33. The normalized spacial score (nSPS) is 17.9. The average Bonchev–Trinajstić information content (AvgIpc) is 2.87. The number of benzene rings is 1. The fourth-order valence-corrected chi connectivity index (χ4v) is 2.85. The van der Waals surface area contributed by atoms with Crippen LogP contribution in [0.2, 0.25) is 10.0 Å². The van der Waals surface area contributed by atoms with Gasteiger partial charge in [-0.05, 0) is 44.0 Å². The standard InChI is InChI=1S/C15H19Cl2N3O2/c16-10-3-4-12(17)13(9-10)20-8-5-11(15(20)22)14(21)19-7-2-1-6-18/h3-4,9,11H,1-2,5-8,18H2,(H,19,21). The predicted molar refractivity (Wildman–Crippen MR) is 88.2 cm³/mol. The molecule has 22 heavy (non-hydrogen) atoms. The summed E-state index contributed by atoms with van der Waals surface area (Å²) >= 11 is 12.1. The monoisotopic (exact) mass is 343 g/mol. The summed E-state index contributed by atoms with van der Waals surface area (Å²) in [7, 11) is 0. The molecule has 0 bridgehead atoms. The van der Waals surface area contributed by atoms with Crippen LogP contribution in [0.25, 0.3) is 0 Å². The van der Waals surface area contributed by atoms with Crippen molar-refractivity contribution in [3.8, 4) is 0 Å². The lowest BCUT2D eigenvalue weighted by atomic mass is 10.1. The van der Waals surface area contributed by atoms with Gasteiger partial charge in [0.2, 0.25) is 11.8 Å². The van der Waals surface area contributed by atoms with E-state index in [0.717, 1.165) is 12.8 Å². The number of unbranched alkanes of at least 4 members (excludes halogenated alkanes) is 1. The summed E-state index contributed by atoms with van der Waals surface area (Å²) < 4.78 is 0. The largest absolute Gasteiger partial charge is 0.355 e. The number of halogens is 2. The van der Waals surface area contributed by atoms with Crippen LogP contribution < -0.4 is 16.0 Å². The van der Waals surface area contributed by atoms with Gasteiger partial charge in [-0.2, -0.15) is 0 Å². The van der Waals surface area contributed by atoms with Crippen molar-refractivity contribution in [2.24, 2.45) is 11.7 Å². The number of nitrogens with two attached hydrogens (primary N) is 1. The minimum atomic E-state index is -0.659. The van der Waals surface area contributed by atoms with Gasteiger partial charge in [0.1, 0.15) is 5.92 Å². The van der Waals surface area contributed by atoms with Crippen molar-refractivity contribution in [3.05, 3.63) is 28.2 Å². The van der Waals surface area contributed by atoms with E-state index in [1.54, 1.807) is 18.2 Å². The number of anilines is 1. The minimum Gasteiger partial charge on any atom is -0.355 e. The number of carbonyl (C=O) groups is 2. The Kier molecular flexibility index (Phi) is 6.06. The van der Waals surface area contributed by atoms with Crippen LogP contribution in [0.1, 0.15) is 19.3 Å². The third kappa shape index (κ3) is 3.91. The summed E-state index contributed by atoms with van der Waals surface area (Å²) in [4.78, 5) is 26.1. The first-order valence-electron chi connectivity index (χ1n) is 7.29. The SMILES string of the molecule is NCCCCNC(=O)C1CCN(c2cc(Cl)ccc2Cl)C1=O. The van der Waals surface area contributed by atoms with E-state index in [9.17, 15) is 9.59 Å². The molecule has 1 heterocycles. The number of amides is 2. The molecule has 0 radical (unpaired) electrons. The third-order valence-corrected chi connectivity index (χ3v) is 4.21. The van der Waals surface area contributed by atoms with Crippen molar-refractivity contribution in [2.45, 2.75) is 19.3 Å². The number of carbonyl (C=O) groups excluding carboxylic acids is 2. The van der Waals surface area contributed by atoms with Crippen LogP contribution in [0.5, 0.6) is 0 Å². The summed E-state index contributed by atoms with van der Waals surface area (Å²) in [6.45, 7) is 1.59. The molecule has 1 aliphatic rings. The van der Waals surface area contributed by atoms with E-state index < -0.39 is 5.92 Å². The number of rotatable bonds is 6. The topological polar surface area (TPSA) is 75.4 Å². The molecule has 1 aliphatic heterocycles. The Morgan fingerprint density at radius 2 is 2.14 bits per heavy atom. The van der Waals surface area contributed by atoms with E-state index in [1.807, 2.05) is 0 Å². The quantitative estimate of drug-likeness (QED) is 0.614. The van der Waals surface area contributed by atoms with Gasteiger partial charge in [0.05, 0.1) is 10.7 Å². The van der Waals surface area contributed by atoms with Gasteiger partial charge in [0, 0.05) is 18.1 Å². The van der Waals surface area contributed by atoms with Gasteiger partial charge in [-0.3, -0.25) is 9.59 Å². The van der Waals surface area contributed by atoms with Gasteiger partial charge in [-0.1, -0.05) is 23.2 Å². The first-order chi connectivity index (χ1) is 10.5. The summed E-state index contributed by atoms with van der Waals surface area (Å²) in [5, 5.41) is 3.73. The van der Waals surface area contributed by atoms with Crippen LogP contribution in [0, 0.1) is 5.92 Å². The molecule has 2 amide bonds. The molecule has 1 aromatic rings. The highest BCUT2D eigenvalue weighted by molar-refractivity contribution is 6.36. The van der Waals surface area contributed by atoms with Crippen molar-refractivity contribution in [1.82, 2.24) is 5.32 Å². The predicted octanol–water partition coefficient (Wildman–Crippen LogP) is 2.20. The fourth-order valence-electron chi connectivity index (χ4n) is 2.46. The Balaban J connectivity index is 2.00. The van der Waals surface area contributed by atoms with Crippen LogP contribution in [0.4, 0.5) is 5.69 Å². The number of hydrogen-bond acceptors (Lipinski definition) is 3. The van der Waals surface area contributed by atoms with Crippen LogP contribution in [-0.4, -0.2) is 31.4 Å². The molecule has 1 unspecified atom stereocenters. The zero-order chi connectivity index (χ0) is 16.1. The molecule has 3 N–H and O–H groups in total. The van der Waals surface area contributed by atoms with Gasteiger partial charge in [-0.25, -0.2) is 0 Å². The Morgan fingerprint density at radius 1 is 1.36 bits per heavy atom. The van der Waals surface area contributed by atoms with E-state index in [1.165, 1.54) is 4.90 Å². The maximum Gasteiger partial charge on any atom is 0.239 e. The molecule has 1 saturated heterocycles. The zero-order valence-electron chi connectivity index (χ0n) is 12.1. The van der Waals surface area contributed by atoms with Crippen molar-refractivity contribution in [1.29, 1.82) is 0 Å². The summed E-state index contributed by atoms with van der Waals surface area (Å²) in [6.07, 6.45) is 2.14. The van der Waals surface area contributed by atoms with Gasteiger partial charge in [0.15, 0.2) is 0 Å². The Bertz CT molecular complexity index is 566. The van der Waals surface area contributed by atoms with Crippen LogP contribution in [-0.2, 0) is 9.59 Å². The first-order valence-corrected chi connectivity index (χ1v) is 8.04.